The van der Waals surface area contributed by atoms with Gasteiger partial charge in [-0.15, -0.1) is 0 Å². The average molecular weight is 279 g/mol. The number of aryl methyl sites for hydroxylation is 2. The van der Waals surface area contributed by atoms with E-state index in [0.29, 0.717) is 25.1 Å². The fourth-order valence-electron chi connectivity index (χ4n) is 2.40. The molecule has 20 heavy (non-hydrogen) atoms. The summed E-state index contributed by atoms with van der Waals surface area (Å²) in [5.41, 5.74) is 2.22. The first-order chi connectivity index (χ1) is 9.45. The summed E-state index contributed by atoms with van der Waals surface area (Å²) in [6, 6.07) is 6.52. The first-order valence-electron chi connectivity index (χ1n) is 7.56. The molecule has 2 N–H and O–H groups in total. The molecule has 0 heterocycles. The standard InChI is InChI=1S/C17H29NO2/c1-6-16(12(2)3)18-10-15(19)11-20-17-13(4)8-7-9-14(17)5/h7-9,12,15-16,18-19H,6,10-11H2,1-5H3. The molecule has 3 nitrogen and oxygen atoms in total. The largest absolute Gasteiger partial charge is 0.490 e. The predicted molar refractivity (Wildman–Crippen MR) is 84.3 cm³/mol. The van der Waals surface area contributed by atoms with Crippen LogP contribution in [-0.2, 0) is 0 Å². The Morgan fingerprint density at radius 3 is 2.30 bits per heavy atom. The van der Waals surface area contributed by atoms with E-state index in [-0.39, 0.29) is 0 Å². The predicted octanol–water partition coefficient (Wildman–Crippen LogP) is 3.07. The van der Waals surface area contributed by atoms with Crippen LogP contribution in [0.4, 0.5) is 0 Å². The van der Waals surface area contributed by atoms with E-state index in [1.807, 2.05) is 32.0 Å². The summed E-state index contributed by atoms with van der Waals surface area (Å²) in [6.45, 7) is 11.5. The summed E-state index contributed by atoms with van der Waals surface area (Å²) in [4.78, 5) is 0. The number of rotatable bonds is 8. The Kier molecular flexibility index (Phi) is 7.03. The lowest BCUT2D eigenvalue weighted by molar-refractivity contribution is 0.101. The fraction of sp³-hybridized carbons (Fsp3) is 0.647. The van der Waals surface area contributed by atoms with Crippen molar-refractivity contribution in [3.63, 3.8) is 0 Å². The molecular formula is C17H29NO2. The van der Waals surface area contributed by atoms with Crippen LogP contribution in [0, 0.1) is 19.8 Å². The van der Waals surface area contributed by atoms with Gasteiger partial charge in [0.2, 0.25) is 0 Å². The van der Waals surface area contributed by atoms with Gasteiger partial charge in [-0.3, -0.25) is 0 Å². The second kappa shape index (κ2) is 8.28. The zero-order chi connectivity index (χ0) is 15.1. The van der Waals surface area contributed by atoms with Gasteiger partial charge in [-0.05, 0) is 37.3 Å². The van der Waals surface area contributed by atoms with Crippen molar-refractivity contribution in [2.75, 3.05) is 13.2 Å². The Bertz CT molecular complexity index is 384. The van der Waals surface area contributed by atoms with Gasteiger partial charge < -0.3 is 15.2 Å². The number of aliphatic hydroxyl groups excluding tert-OH is 1. The highest BCUT2D eigenvalue weighted by Crippen LogP contribution is 2.22. The van der Waals surface area contributed by atoms with Crippen LogP contribution in [0.25, 0.3) is 0 Å². The molecule has 0 saturated heterocycles. The molecule has 1 aromatic carbocycles. The fourth-order valence-corrected chi connectivity index (χ4v) is 2.40. The van der Waals surface area contributed by atoms with Crippen molar-refractivity contribution in [3.8, 4) is 5.75 Å². The highest BCUT2D eigenvalue weighted by Gasteiger charge is 2.13. The smallest absolute Gasteiger partial charge is 0.125 e. The van der Waals surface area contributed by atoms with Crippen molar-refractivity contribution in [2.45, 2.75) is 53.2 Å². The summed E-state index contributed by atoms with van der Waals surface area (Å²) in [5.74, 6) is 1.47. The summed E-state index contributed by atoms with van der Waals surface area (Å²) in [5, 5.41) is 13.4. The Labute approximate surface area is 123 Å². The van der Waals surface area contributed by atoms with Crippen molar-refractivity contribution in [2.24, 2.45) is 5.92 Å². The third kappa shape index (κ3) is 5.14. The minimum Gasteiger partial charge on any atom is -0.490 e. The van der Waals surface area contributed by atoms with Gasteiger partial charge in [0.05, 0.1) is 0 Å². The molecule has 0 amide bonds. The van der Waals surface area contributed by atoms with Crippen LogP contribution < -0.4 is 10.1 Å². The van der Waals surface area contributed by atoms with Gasteiger partial charge in [0.15, 0.2) is 0 Å². The van der Waals surface area contributed by atoms with Gasteiger partial charge in [0, 0.05) is 12.6 Å². The molecule has 1 aromatic rings. The van der Waals surface area contributed by atoms with Crippen molar-refractivity contribution in [1.29, 1.82) is 0 Å². The molecule has 0 radical (unpaired) electrons. The molecule has 0 bridgehead atoms. The number of nitrogens with one attached hydrogen (secondary N) is 1. The van der Waals surface area contributed by atoms with E-state index < -0.39 is 6.10 Å². The molecule has 2 atom stereocenters. The molecule has 0 aliphatic carbocycles. The lowest BCUT2D eigenvalue weighted by Gasteiger charge is -2.23. The molecule has 3 heteroatoms. The van der Waals surface area contributed by atoms with Gasteiger partial charge in [-0.25, -0.2) is 0 Å². The van der Waals surface area contributed by atoms with E-state index in [0.717, 1.165) is 23.3 Å². The molecule has 2 unspecified atom stereocenters. The number of aliphatic hydroxyl groups is 1. The molecule has 114 valence electrons. The number of ether oxygens (including phenoxy) is 1. The Hall–Kier alpha value is -1.06. The Balaban J connectivity index is 2.42. The maximum Gasteiger partial charge on any atom is 0.125 e. The topological polar surface area (TPSA) is 41.5 Å². The Morgan fingerprint density at radius 1 is 1.20 bits per heavy atom. The molecule has 0 aliphatic rings. The SMILES string of the molecule is CCC(NCC(O)COc1c(C)cccc1C)C(C)C. The summed E-state index contributed by atoms with van der Waals surface area (Å²) < 4.78 is 5.77. The quantitative estimate of drug-likeness (QED) is 0.768. The highest BCUT2D eigenvalue weighted by atomic mass is 16.5. The monoisotopic (exact) mass is 279 g/mol. The summed E-state index contributed by atoms with van der Waals surface area (Å²) in [6.07, 6.45) is 0.587. The first kappa shape index (κ1) is 17.0. The number of hydrogen-bond donors (Lipinski definition) is 2. The van der Waals surface area contributed by atoms with Crippen LogP contribution in [0.3, 0.4) is 0 Å². The molecule has 0 aliphatic heterocycles. The van der Waals surface area contributed by atoms with Crippen LogP contribution in [0.5, 0.6) is 5.75 Å². The average Bonchev–Trinajstić information content (AvgIpc) is 2.38. The van der Waals surface area contributed by atoms with E-state index in [4.69, 9.17) is 4.74 Å². The summed E-state index contributed by atoms with van der Waals surface area (Å²) >= 11 is 0. The van der Waals surface area contributed by atoms with Gasteiger partial charge >= 0.3 is 0 Å². The molecule has 0 fully saturated rings. The lowest BCUT2D eigenvalue weighted by atomic mass is 10.0. The van der Waals surface area contributed by atoms with Gasteiger partial charge in [-0.2, -0.15) is 0 Å². The summed E-state index contributed by atoms with van der Waals surface area (Å²) in [7, 11) is 0. The van der Waals surface area contributed by atoms with E-state index >= 15 is 0 Å². The van der Waals surface area contributed by atoms with Crippen LogP contribution >= 0.6 is 0 Å². The first-order valence-corrected chi connectivity index (χ1v) is 7.56. The molecule has 0 aromatic heterocycles. The zero-order valence-electron chi connectivity index (χ0n) is 13.4. The number of benzene rings is 1. The van der Waals surface area contributed by atoms with E-state index in [1.165, 1.54) is 0 Å². The second-order valence-electron chi connectivity index (χ2n) is 5.85. The minimum absolute atomic E-state index is 0.327. The maximum atomic E-state index is 10.0. The van der Waals surface area contributed by atoms with E-state index in [9.17, 15) is 5.11 Å². The number of hydrogen-bond acceptors (Lipinski definition) is 3. The maximum absolute atomic E-state index is 10.0. The third-order valence-electron chi connectivity index (χ3n) is 3.69. The van der Waals surface area contributed by atoms with Crippen molar-refractivity contribution < 1.29 is 9.84 Å². The zero-order valence-corrected chi connectivity index (χ0v) is 13.4. The van der Waals surface area contributed by atoms with E-state index in [2.05, 4.69) is 26.1 Å². The minimum atomic E-state index is -0.484. The van der Waals surface area contributed by atoms with Crippen molar-refractivity contribution in [1.82, 2.24) is 5.32 Å². The van der Waals surface area contributed by atoms with E-state index in [1.54, 1.807) is 0 Å². The third-order valence-corrected chi connectivity index (χ3v) is 3.69. The molecular weight excluding hydrogens is 250 g/mol. The second-order valence-corrected chi connectivity index (χ2v) is 5.85. The van der Waals surface area contributed by atoms with Crippen molar-refractivity contribution in [3.05, 3.63) is 29.3 Å². The van der Waals surface area contributed by atoms with Gasteiger partial charge in [0.1, 0.15) is 18.5 Å². The lowest BCUT2D eigenvalue weighted by Crippen LogP contribution is -2.40. The van der Waals surface area contributed by atoms with Crippen LogP contribution in [0.15, 0.2) is 18.2 Å². The molecule has 0 spiro atoms. The molecule has 1 rings (SSSR count). The van der Waals surface area contributed by atoms with Crippen LogP contribution in [-0.4, -0.2) is 30.4 Å². The van der Waals surface area contributed by atoms with Crippen molar-refractivity contribution >= 4 is 0 Å². The normalized spacial score (nSPS) is 14.3. The van der Waals surface area contributed by atoms with Crippen LogP contribution in [0.1, 0.15) is 38.3 Å². The van der Waals surface area contributed by atoms with Gasteiger partial charge in [0.25, 0.3) is 0 Å². The molecule has 0 saturated carbocycles. The van der Waals surface area contributed by atoms with Gasteiger partial charge in [-0.1, -0.05) is 39.0 Å². The number of para-hydroxylation sites is 1. The highest BCUT2D eigenvalue weighted by molar-refractivity contribution is 5.39. The van der Waals surface area contributed by atoms with Crippen LogP contribution in [0.2, 0.25) is 0 Å². The Morgan fingerprint density at radius 2 is 1.80 bits per heavy atom.